The number of piperidine rings is 1. The van der Waals surface area contributed by atoms with Crippen LogP contribution < -0.4 is 0 Å². The molecule has 0 bridgehead atoms. The summed E-state index contributed by atoms with van der Waals surface area (Å²) in [4.78, 5) is 15.8. The molecular weight excluding hydrogens is 310 g/mol. The lowest BCUT2D eigenvalue weighted by atomic mass is 9.73. The number of fused-ring (bicyclic) bond motifs is 1. The first-order valence-electron chi connectivity index (χ1n) is 8.34. The van der Waals surface area contributed by atoms with E-state index in [1.165, 1.54) is 0 Å². The van der Waals surface area contributed by atoms with Crippen LogP contribution in [0.2, 0.25) is 0 Å². The van der Waals surface area contributed by atoms with Crippen molar-refractivity contribution in [2.75, 3.05) is 32.9 Å². The minimum Gasteiger partial charge on any atom is -0.377 e. The lowest BCUT2D eigenvalue weighted by molar-refractivity contribution is -0.163. The van der Waals surface area contributed by atoms with Gasteiger partial charge in [-0.15, -0.1) is 17.9 Å². The Morgan fingerprint density at radius 2 is 2.52 bits per heavy atom. The maximum Gasteiger partial charge on any atom is 0.227 e. The van der Waals surface area contributed by atoms with Crippen LogP contribution in [0.15, 0.2) is 30.2 Å². The first-order valence-corrected chi connectivity index (χ1v) is 9.22. The van der Waals surface area contributed by atoms with Gasteiger partial charge in [0.05, 0.1) is 25.7 Å². The molecule has 1 amide bonds. The number of nitrogens with zero attached hydrogens (tertiary/aromatic N) is 1. The van der Waals surface area contributed by atoms with E-state index in [0.717, 1.165) is 43.8 Å². The van der Waals surface area contributed by atoms with E-state index in [9.17, 15) is 4.79 Å². The van der Waals surface area contributed by atoms with Crippen molar-refractivity contribution in [3.63, 3.8) is 0 Å². The second-order valence-electron chi connectivity index (χ2n) is 6.49. The quantitative estimate of drug-likeness (QED) is 0.593. The highest BCUT2D eigenvalue weighted by molar-refractivity contribution is 7.10. The highest BCUT2D eigenvalue weighted by Crippen LogP contribution is 2.40. The number of likely N-dealkylation sites (tertiary alicyclic amines) is 1. The predicted molar refractivity (Wildman–Crippen MR) is 91.6 cm³/mol. The standard InChI is InChI=1S/C18H25NO3S/c1-2-9-21-14-18-7-4-10-22-16(18)6-8-19(13-18)17(20)12-15-5-3-11-23-15/h2-3,5,11,16H,1,4,6-10,12-14H2/t16-,18-/m0/s1. The van der Waals surface area contributed by atoms with Crippen molar-refractivity contribution in [2.24, 2.45) is 5.41 Å². The summed E-state index contributed by atoms with van der Waals surface area (Å²) in [5.41, 5.74) is -0.0510. The first kappa shape index (κ1) is 16.7. The molecule has 2 atom stereocenters. The molecule has 23 heavy (non-hydrogen) atoms. The average Bonchev–Trinajstić information content (AvgIpc) is 3.07. The van der Waals surface area contributed by atoms with Gasteiger partial charge in [-0.2, -0.15) is 0 Å². The summed E-state index contributed by atoms with van der Waals surface area (Å²) in [6.07, 6.45) is 5.52. The number of amides is 1. The molecule has 2 saturated heterocycles. The molecule has 0 unspecified atom stereocenters. The highest BCUT2D eigenvalue weighted by Gasteiger charge is 2.47. The van der Waals surface area contributed by atoms with Gasteiger partial charge in [0, 0.05) is 30.0 Å². The summed E-state index contributed by atoms with van der Waals surface area (Å²) < 4.78 is 11.8. The van der Waals surface area contributed by atoms with Crippen molar-refractivity contribution in [3.05, 3.63) is 35.0 Å². The Morgan fingerprint density at radius 1 is 1.61 bits per heavy atom. The Balaban J connectivity index is 1.67. The Kier molecular flexibility index (Phi) is 5.51. The van der Waals surface area contributed by atoms with Crippen LogP contribution in [0.4, 0.5) is 0 Å². The molecule has 0 aromatic carbocycles. The molecule has 0 aliphatic carbocycles. The van der Waals surface area contributed by atoms with Gasteiger partial charge >= 0.3 is 0 Å². The van der Waals surface area contributed by atoms with Gasteiger partial charge in [0.1, 0.15) is 0 Å². The summed E-state index contributed by atoms with van der Waals surface area (Å²) in [6.45, 7) is 7.28. The Hall–Kier alpha value is -1.17. The third-order valence-electron chi connectivity index (χ3n) is 4.87. The van der Waals surface area contributed by atoms with E-state index >= 15 is 0 Å². The van der Waals surface area contributed by atoms with Gasteiger partial charge in [-0.3, -0.25) is 4.79 Å². The minimum absolute atomic E-state index is 0.0510. The zero-order chi connectivity index (χ0) is 16.1. The van der Waals surface area contributed by atoms with E-state index in [4.69, 9.17) is 9.47 Å². The molecule has 0 N–H and O–H groups in total. The molecule has 1 aromatic heterocycles. The Morgan fingerprint density at radius 3 is 3.30 bits per heavy atom. The second-order valence-corrected chi connectivity index (χ2v) is 7.52. The fraction of sp³-hybridized carbons (Fsp3) is 0.611. The SMILES string of the molecule is C=CCOC[C@@]12CCCO[C@H]1CCN(C(=O)Cc1cccs1)C2. The third-order valence-corrected chi connectivity index (χ3v) is 5.75. The van der Waals surface area contributed by atoms with Crippen LogP contribution in [0.1, 0.15) is 24.1 Å². The monoisotopic (exact) mass is 335 g/mol. The van der Waals surface area contributed by atoms with Crippen LogP contribution in [-0.4, -0.2) is 49.8 Å². The fourth-order valence-corrected chi connectivity index (χ4v) is 4.43. The van der Waals surface area contributed by atoms with E-state index in [0.29, 0.717) is 19.6 Å². The van der Waals surface area contributed by atoms with Crippen molar-refractivity contribution in [3.8, 4) is 0 Å². The van der Waals surface area contributed by atoms with Gasteiger partial charge in [-0.25, -0.2) is 0 Å². The van der Waals surface area contributed by atoms with E-state index in [1.807, 2.05) is 22.4 Å². The molecule has 1 aromatic rings. The molecule has 4 nitrogen and oxygen atoms in total. The van der Waals surface area contributed by atoms with Gasteiger partial charge in [0.2, 0.25) is 5.91 Å². The lowest BCUT2D eigenvalue weighted by Crippen LogP contribution is -2.58. The number of ether oxygens (including phenoxy) is 2. The second kappa shape index (κ2) is 7.60. The van der Waals surface area contributed by atoms with Crippen molar-refractivity contribution in [2.45, 2.75) is 31.8 Å². The lowest BCUT2D eigenvalue weighted by Gasteiger charge is -2.50. The fourth-order valence-electron chi connectivity index (χ4n) is 3.73. The van der Waals surface area contributed by atoms with E-state index in [1.54, 1.807) is 17.4 Å². The Bertz CT molecular complexity index is 530. The molecule has 126 valence electrons. The molecular formula is C18H25NO3S. The molecule has 2 fully saturated rings. The van der Waals surface area contributed by atoms with Gasteiger partial charge in [0.25, 0.3) is 0 Å². The van der Waals surface area contributed by atoms with Crippen molar-refractivity contribution in [1.82, 2.24) is 4.90 Å². The van der Waals surface area contributed by atoms with Crippen molar-refractivity contribution in [1.29, 1.82) is 0 Å². The van der Waals surface area contributed by atoms with E-state index in [-0.39, 0.29) is 17.4 Å². The minimum atomic E-state index is -0.0510. The summed E-state index contributed by atoms with van der Waals surface area (Å²) >= 11 is 1.65. The largest absolute Gasteiger partial charge is 0.377 e. The van der Waals surface area contributed by atoms with Crippen LogP contribution in [0.5, 0.6) is 0 Å². The maximum atomic E-state index is 12.6. The number of hydrogen-bond donors (Lipinski definition) is 0. The number of rotatable bonds is 6. The van der Waals surface area contributed by atoms with Gasteiger partial charge < -0.3 is 14.4 Å². The number of carbonyl (C=O) groups excluding carboxylic acids is 1. The van der Waals surface area contributed by atoms with E-state index < -0.39 is 0 Å². The molecule has 2 aliphatic heterocycles. The molecule has 0 radical (unpaired) electrons. The first-order chi connectivity index (χ1) is 11.2. The number of carbonyl (C=O) groups is 1. The zero-order valence-electron chi connectivity index (χ0n) is 13.5. The zero-order valence-corrected chi connectivity index (χ0v) is 14.4. The topological polar surface area (TPSA) is 38.8 Å². The van der Waals surface area contributed by atoms with Crippen LogP contribution in [0, 0.1) is 5.41 Å². The normalized spacial score (nSPS) is 27.5. The van der Waals surface area contributed by atoms with Crippen LogP contribution >= 0.6 is 11.3 Å². The van der Waals surface area contributed by atoms with Crippen LogP contribution in [0.25, 0.3) is 0 Å². The molecule has 5 heteroatoms. The number of hydrogen-bond acceptors (Lipinski definition) is 4. The van der Waals surface area contributed by atoms with E-state index in [2.05, 4.69) is 6.58 Å². The maximum absolute atomic E-state index is 12.6. The van der Waals surface area contributed by atoms with Crippen LogP contribution in [-0.2, 0) is 20.7 Å². The Labute approximate surface area is 142 Å². The average molecular weight is 335 g/mol. The van der Waals surface area contributed by atoms with Crippen molar-refractivity contribution < 1.29 is 14.3 Å². The summed E-state index contributed by atoms with van der Waals surface area (Å²) in [5.74, 6) is 0.222. The summed E-state index contributed by atoms with van der Waals surface area (Å²) in [5, 5.41) is 2.02. The summed E-state index contributed by atoms with van der Waals surface area (Å²) in [7, 11) is 0. The van der Waals surface area contributed by atoms with Gasteiger partial charge in [0.15, 0.2) is 0 Å². The summed E-state index contributed by atoms with van der Waals surface area (Å²) in [6, 6.07) is 4.03. The predicted octanol–water partition coefficient (Wildman–Crippen LogP) is 2.89. The molecule has 3 rings (SSSR count). The van der Waals surface area contributed by atoms with Gasteiger partial charge in [-0.05, 0) is 30.7 Å². The third kappa shape index (κ3) is 3.84. The van der Waals surface area contributed by atoms with Crippen molar-refractivity contribution >= 4 is 17.2 Å². The van der Waals surface area contributed by atoms with Gasteiger partial charge in [-0.1, -0.05) is 12.1 Å². The molecule has 0 saturated carbocycles. The number of thiophene rings is 1. The highest BCUT2D eigenvalue weighted by atomic mass is 32.1. The molecule has 2 aliphatic rings. The smallest absolute Gasteiger partial charge is 0.227 e. The van der Waals surface area contributed by atoms with Crippen LogP contribution in [0.3, 0.4) is 0 Å². The molecule has 3 heterocycles. The molecule has 0 spiro atoms.